The number of hydrogen-bond acceptors (Lipinski definition) is 6. The van der Waals surface area contributed by atoms with Crippen molar-refractivity contribution in [2.75, 3.05) is 6.66 Å². The summed E-state index contributed by atoms with van der Waals surface area (Å²) in [6.07, 6.45) is 3.26. The second-order valence-corrected chi connectivity index (χ2v) is 9.37. The van der Waals surface area contributed by atoms with Crippen LogP contribution < -0.4 is 16.2 Å². The van der Waals surface area contributed by atoms with E-state index >= 15 is 0 Å². The fourth-order valence-electron chi connectivity index (χ4n) is 3.01. The van der Waals surface area contributed by atoms with Gasteiger partial charge in [0.05, 0.1) is 0 Å². The zero-order chi connectivity index (χ0) is 22.6. The van der Waals surface area contributed by atoms with Crippen molar-refractivity contribution >= 4 is 18.6 Å². The van der Waals surface area contributed by atoms with Crippen LogP contribution in [0.5, 0.6) is 0 Å². The molecular formula is C22H20N5O4P. The van der Waals surface area contributed by atoms with Crippen molar-refractivity contribution < 1.29 is 13.9 Å². The van der Waals surface area contributed by atoms with E-state index in [1.54, 1.807) is 60.8 Å². The SMILES string of the molecule is CP(=O)(O[C@@H](NC(=O)c1cnc(-n2cccn2)[nH]c1=O)c1ccccc1)c1ccccc1. The van der Waals surface area contributed by atoms with Crippen LogP contribution in [0.2, 0.25) is 0 Å². The van der Waals surface area contributed by atoms with Crippen molar-refractivity contribution in [1.29, 1.82) is 0 Å². The molecule has 2 aromatic carbocycles. The van der Waals surface area contributed by atoms with Crippen molar-refractivity contribution in [3.63, 3.8) is 0 Å². The molecule has 0 fully saturated rings. The molecule has 2 aromatic heterocycles. The molecule has 0 aliphatic rings. The summed E-state index contributed by atoms with van der Waals surface area (Å²) < 4.78 is 20.6. The Labute approximate surface area is 183 Å². The van der Waals surface area contributed by atoms with Gasteiger partial charge in [-0.1, -0.05) is 48.5 Å². The van der Waals surface area contributed by atoms with Gasteiger partial charge >= 0.3 is 0 Å². The van der Waals surface area contributed by atoms with E-state index in [2.05, 4.69) is 20.4 Å². The predicted molar refractivity (Wildman–Crippen MR) is 119 cm³/mol. The first-order valence-electron chi connectivity index (χ1n) is 9.71. The Balaban J connectivity index is 1.61. The first-order chi connectivity index (χ1) is 15.4. The fourth-order valence-corrected chi connectivity index (χ4v) is 4.43. The van der Waals surface area contributed by atoms with Crippen LogP contribution in [0.3, 0.4) is 0 Å². The number of amides is 1. The maximum atomic E-state index is 13.3. The van der Waals surface area contributed by atoms with Gasteiger partial charge in [-0.05, 0) is 18.2 Å². The monoisotopic (exact) mass is 449 g/mol. The molecule has 0 saturated carbocycles. The smallest absolute Gasteiger partial charge is 0.265 e. The van der Waals surface area contributed by atoms with Gasteiger partial charge in [-0.3, -0.25) is 23.7 Å². The van der Waals surface area contributed by atoms with Crippen LogP contribution in [0.15, 0.2) is 90.1 Å². The summed E-state index contributed by atoms with van der Waals surface area (Å²) in [6, 6.07) is 19.2. The number of H-pyrrole nitrogens is 1. The minimum absolute atomic E-state index is 0.176. The summed E-state index contributed by atoms with van der Waals surface area (Å²) in [4.78, 5) is 32.0. The summed E-state index contributed by atoms with van der Waals surface area (Å²) >= 11 is 0. The van der Waals surface area contributed by atoms with E-state index in [1.165, 1.54) is 17.5 Å². The summed E-state index contributed by atoms with van der Waals surface area (Å²) in [6.45, 7) is 1.48. The molecule has 0 aliphatic heterocycles. The number of benzene rings is 2. The largest absolute Gasteiger partial charge is 0.322 e. The lowest BCUT2D eigenvalue weighted by Crippen LogP contribution is -2.34. The second kappa shape index (κ2) is 9.13. The Kier molecular flexibility index (Phi) is 6.11. The zero-order valence-corrected chi connectivity index (χ0v) is 18.0. The average molecular weight is 449 g/mol. The van der Waals surface area contributed by atoms with Crippen LogP contribution in [0.25, 0.3) is 5.95 Å². The highest BCUT2D eigenvalue weighted by molar-refractivity contribution is 7.66. The van der Waals surface area contributed by atoms with Gasteiger partial charge in [0.25, 0.3) is 11.5 Å². The van der Waals surface area contributed by atoms with Gasteiger partial charge in [0.15, 0.2) is 6.23 Å². The Morgan fingerprint density at radius 3 is 2.41 bits per heavy atom. The van der Waals surface area contributed by atoms with Crippen LogP contribution in [-0.4, -0.2) is 32.3 Å². The van der Waals surface area contributed by atoms with Crippen molar-refractivity contribution in [2.45, 2.75) is 6.23 Å². The van der Waals surface area contributed by atoms with E-state index in [0.29, 0.717) is 10.9 Å². The average Bonchev–Trinajstić information content (AvgIpc) is 3.34. The molecule has 0 aliphatic carbocycles. The Morgan fingerprint density at radius 1 is 1.09 bits per heavy atom. The summed E-state index contributed by atoms with van der Waals surface area (Å²) in [5, 5.41) is 7.16. The predicted octanol–water partition coefficient (Wildman–Crippen LogP) is 2.63. The molecular weight excluding hydrogens is 429 g/mol. The molecule has 2 heterocycles. The van der Waals surface area contributed by atoms with Crippen LogP contribution >= 0.6 is 7.37 Å². The van der Waals surface area contributed by atoms with Gasteiger partial charge in [-0.15, -0.1) is 0 Å². The summed E-state index contributed by atoms with van der Waals surface area (Å²) in [5.41, 5.74) is -0.273. The summed E-state index contributed by atoms with van der Waals surface area (Å²) in [5.74, 6) is -0.540. The molecule has 4 rings (SSSR count). The number of carbonyl (C=O) groups excluding carboxylic acids is 1. The molecule has 0 radical (unpaired) electrons. The maximum Gasteiger partial charge on any atom is 0.265 e. The quantitative estimate of drug-likeness (QED) is 0.331. The van der Waals surface area contributed by atoms with Crippen LogP contribution in [0, 0.1) is 0 Å². The molecule has 2 N–H and O–H groups in total. The first kappa shape index (κ1) is 21.4. The molecule has 9 nitrogen and oxygen atoms in total. The first-order valence-corrected chi connectivity index (χ1v) is 11.8. The molecule has 2 atom stereocenters. The molecule has 1 amide bonds. The molecule has 1 unspecified atom stereocenters. The van der Waals surface area contributed by atoms with E-state index < -0.39 is 25.1 Å². The Bertz CT molecular complexity index is 1310. The number of aromatic amines is 1. The highest BCUT2D eigenvalue weighted by atomic mass is 31.2. The molecule has 0 bridgehead atoms. The van der Waals surface area contributed by atoms with E-state index in [9.17, 15) is 14.2 Å². The van der Waals surface area contributed by atoms with Gasteiger partial charge in [-0.25, -0.2) is 9.67 Å². The lowest BCUT2D eigenvalue weighted by Gasteiger charge is -2.24. The minimum Gasteiger partial charge on any atom is -0.322 e. The topological polar surface area (TPSA) is 119 Å². The number of nitrogens with zero attached hydrogens (tertiary/aromatic N) is 3. The fraction of sp³-hybridized carbons (Fsp3) is 0.0909. The molecule has 0 saturated heterocycles. The highest BCUT2D eigenvalue weighted by Gasteiger charge is 2.27. The molecule has 32 heavy (non-hydrogen) atoms. The van der Waals surface area contributed by atoms with Gasteiger partial charge in [0.1, 0.15) is 5.56 Å². The van der Waals surface area contributed by atoms with E-state index in [-0.39, 0.29) is 11.5 Å². The lowest BCUT2D eigenvalue weighted by molar-refractivity contribution is 0.0836. The summed E-state index contributed by atoms with van der Waals surface area (Å²) in [7, 11) is -3.29. The third-order valence-electron chi connectivity index (χ3n) is 4.65. The van der Waals surface area contributed by atoms with Crippen molar-refractivity contribution in [3.8, 4) is 5.95 Å². The van der Waals surface area contributed by atoms with E-state index in [4.69, 9.17) is 4.52 Å². The van der Waals surface area contributed by atoms with Crippen molar-refractivity contribution in [2.24, 2.45) is 0 Å². The van der Waals surface area contributed by atoms with Crippen LogP contribution in [0.1, 0.15) is 22.1 Å². The molecule has 4 aromatic rings. The van der Waals surface area contributed by atoms with E-state index in [0.717, 1.165) is 6.20 Å². The van der Waals surface area contributed by atoms with Crippen LogP contribution in [-0.2, 0) is 9.09 Å². The minimum atomic E-state index is -3.29. The molecule has 162 valence electrons. The van der Waals surface area contributed by atoms with Crippen molar-refractivity contribution in [1.82, 2.24) is 25.1 Å². The number of carbonyl (C=O) groups is 1. The Hall–Kier alpha value is -3.81. The zero-order valence-electron chi connectivity index (χ0n) is 17.1. The number of nitrogens with one attached hydrogen (secondary N) is 2. The maximum absolute atomic E-state index is 13.3. The number of aromatic nitrogens is 4. The van der Waals surface area contributed by atoms with Gasteiger partial charge < -0.3 is 5.32 Å². The van der Waals surface area contributed by atoms with Gasteiger partial charge in [0, 0.05) is 36.1 Å². The van der Waals surface area contributed by atoms with E-state index in [1.807, 2.05) is 12.1 Å². The third-order valence-corrected chi connectivity index (χ3v) is 6.50. The number of rotatable bonds is 7. The van der Waals surface area contributed by atoms with Gasteiger partial charge in [0.2, 0.25) is 13.3 Å². The lowest BCUT2D eigenvalue weighted by atomic mass is 10.2. The van der Waals surface area contributed by atoms with Crippen molar-refractivity contribution in [3.05, 3.63) is 107 Å². The number of hydrogen-bond donors (Lipinski definition) is 2. The Morgan fingerprint density at radius 2 is 1.78 bits per heavy atom. The molecule has 0 spiro atoms. The standard InChI is InChI=1S/C22H20N5O4P/c1-32(30,17-11-6-3-7-12-17)31-21(16-9-4-2-5-10-16)25-19(28)18-15-23-22(26-20(18)29)27-14-8-13-24-27/h2-15,21H,1H3,(H,25,28)(H,23,26,29)/t21-,32?/m1/s1. The third kappa shape index (κ3) is 4.74. The van der Waals surface area contributed by atoms with Gasteiger partial charge in [-0.2, -0.15) is 5.10 Å². The van der Waals surface area contributed by atoms with Crippen LogP contribution in [0.4, 0.5) is 0 Å². The highest BCUT2D eigenvalue weighted by Crippen LogP contribution is 2.45. The second-order valence-electron chi connectivity index (χ2n) is 6.95. The normalized spacial score (nSPS) is 13.8. The molecule has 10 heteroatoms.